The van der Waals surface area contributed by atoms with Crippen molar-refractivity contribution >= 4 is 23.6 Å². The van der Waals surface area contributed by atoms with E-state index in [-0.39, 0.29) is 6.03 Å². The zero-order valence-electron chi connectivity index (χ0n) is 15.0. The number of benzene rings is 1. The number of nitrogens with zero attached hydrogens (tertiary/aromatic N) is 2. The minimum absolute atomic E-state index is 0.127. The van der Waals surface area contributed by atoms with Crippen molar-refractivity contribution in [2.45, 2.75) is 30.7 Å². The van der Waals surface area contributed by atoms with Gasteiger partial charge in [-0.2, -0.15) is 0 Å². The first kappa shape index (κ1) is 18.6. The van der Waals surface area contributed by atoms with E-state index in [9.17, 15) is 4.79 Å². The molecule has 0 atom stereocenters. The lowest BCUT2D eigenvalue weighted by Crippen LogP contribution is -2.35. The van der Waals surface area contributed by atoms with Gasteiger partial charge in [0, 0.05) is 37.3 Å². The molecule has 2 heterocycles. The summed E-state index contributed by atoms with van der Waals surface area (Å²) in [5, 5.41) is 5.79. The number of carbonyl (C=O) groups excluding carboxylic acids is 1. The second-order valence-corrected chi connectivity index (χ2v) is 7.51. The van der Waals surface area contributed by atoms with Crippen LogP contribution < -0.4 is 15.5 Å². The smallest absolute Gasteiger partial charge is 0.315 e. The number of amides is 2. The van der Waals surface area contributed by atoms with Gasteiger partial charge >= 0.3 is 6.03 Å². The van der Waals surface area contributed by atoms with E-state index >= 15 is 0 Å². The van der Waals surface area contributed by atoms with Gasteiger partial charge in [-0.1, -0.05) is 24.3 Å². The number of carbonyl (C=O) groups is 1. The molecule has 6 heteroatoms. The summed E-state index contributed by atoms with van der Waals surface area (Å²) >= 11 is 1.81. The van der Waals surface area contributed by atoms with Crippen LogP contribution in [0.4, 0.5) is 10.6 Å². The van der Waals surface area contributed by atoms with Crippen molar-refractivity contribution in [2.75, 3.05) is 30.3 Å². The van der Waals surface area contributed by atoms with Crippen molar-refractivity contribution < 1.29 is 4.79 Å². The van der Waals surface area contributed by atoms with E-state index in [1.54, 1.807) is 0 Å². The first-order chi connectivity index (χ1) is 12.8. The largest absolute Gasteiger partial charge is 0.357 e. The van der Waals surface area contributed by atoms with Crippen LogP contribution in [0.3, 0.4) is 0 Å². The molecule has 1 aromatic carbocycles. The van der Waals surface area contributed by atoms with Gasteiger partial charge in [-0.05, 0) is 48.8 Å². The van der Waals surface area contributed by atoms with E-state index in [1.165, 1.54) is 17.7 Å². The third-order valence-corrected chi connectivity index (χ3v) is 5.41. The molecule has 0 saturated carbocycles. The van der Waals surface area contributed by atoms with Gasteiger partial charge in [0.25, 0.3) is 0 Å². The Hall–Kier alpha value is -2.21. The molecule has 1 aliphatic rings. The van der Waals surface area contributed by atoms with E-state index in [1.807, 2.05) is 48.3 Å². The SMILES string of the molecule is O=C(NCCCSc1ccccc1)NCc1ccc(N2CCCC2)nc1. The van der Waals surface area contributed by atoms with Crippen LogP contribution in [0, 0.1) is 0 Å². The fraction of sp³-hybridized carbons (Fsp3) is 0.400. The van der Waals surface area contributed by atoms with E-state index in [4.69, 9.17) is 0 Å². The molecular formula is C20H26N4OS. The molecule has 0 bridgehead atoms. The molecule has 1 aliphatic heterocycles. The van der Waals surface area contributed by atoms with Crippen molar-refractivity contribution in [3.63, 3.8) is 0 Å². The Morgan fingerprint density at radius 1 is 1.08 bits per heavy atom. The second kappa shape index (κ2) is 10.1. The van der Waals surface area contributed by atoms with Crippen LogP contribution in [-0.4, -0.2) is 36.4 Å². The Labute approximate surface area is 159 Å². The van der Waals surface area contributed by atoms with Crippen LogP contribution in [0.5, 0.6) is 0 Å². The summed E-state index contributed by atoms with van der Waals surface area (Å²) in [6, 6.07) is 14.3. The zero-order chi connectivity index (χ0) is 18.0. The molecule has 1 fully saturated rings. The number of thioether (sulfide) groups is 1. The van der Waals surface area contributed by atoms with Crippen LogP contribution in [0.15, 0.2) is 53.6 Å². The molecule has 1 aromatic heterocycles. The van der Waals surface area contributed by atoms with Gasteiger partial charge in [0.15, 0.2) is 0 Å². The number of urea groups is 1. The van der Waals surface area contributed by atoms with Gasteiger partial charge in [-0.25, -0.2) is 9.78 Å². The third kappa shape index (κ3) is 5.95. The van der Waals surface area contributed by atoms with Crippen molar-refractivity contribution in [3.05, 3.63) is 54.2 Å². The third-order valence-electron chi connectivity index (χ3n) is 4.31. The Bertz CT molecular complexity index is 672. The van der Waals surface area contributed by atoms with Gasteiger partial charge in [0.05, 0.1) is 0 Å². The van der Waals surface area contributed by atoms with Crippen molar-refractivity contribution in [3.8, 4) is 0 Å². The van der Waals surface area contributed by atoms with Gasteiger partial charge in [0.1, 0.15) is 5.82 Å². The molecule has 3 rings (SSSR count). The molecule has 0 radical (unpaired) electrons. The summed E-state index contributed by atoms with van der Waals surface area (Å²) < 4.78 is 0. The molecule has 0 aliphatic carbocycles. The number of aromatic nitrogens is 1. The number of nitrogens with one attached hydrogen (secondary N) is 2. The monoisotopic (exact) mass is 370 g/mol. The lowest BCUT2D eigenvalue weighted by atomic mass is 10.3. The number of rotatable bonds is 8. The molecule has 5 nitrogen and oxygen atoms in total. The lowest BCUT2D eigenvalue weighted by molar-refractivity contribution is 0.240. The first-order valence-electron chi connectivity index (χ1n) is 9.21. The fourth-order valence-corrected chi connectivity index (χ4v) is 3.75. The summed E-state index contributed by atoms with van der Waals surface area (Å²) in [5.74, 6) is 2.03. The van der Waals surface area contributed by atoms with Crippen molar-refractivity contribution in [1.29, 1.82) is 0 Å². The van der Waals surface area contributed by atoms with Gasteiger partial charge in [-0.15, -0.1) is 11.8 Å². The average molecular weight is 371 g/mol. The van der Waals surface area contributed by atoms with Crippen molar-refractivity contribution in [2.24, 2.45) is 0 Å². The molecule has 1 saturated heterocycles. The fourth-order valence-electron chi connectivity index (χ4n) is 2.88. The van der Waals surface area contributed by atoms with Gasteiger partial charge < -0.3 is 15.5 Å². The van der Waals surface area contributed by atoms with Gasteiger partial charge in [-0.3, -0.25) is 0 Å². The predicted octanol–water partition coefficient (Wildman–Crippen LogP) is 3.66. The first-order valence-corrected chi connectivity index (χ1v) is 10.2. The normalized spacial score (nSPS) is 13.6. The molecule has 2 aromatic rings. The molecule has 2 amide bonds. The Morgan fingerprint density at radius 2 is 1.88 bits per heavy atom. The molecular weight excluding hydrogens is 344 g/mol. The van der Waals surface area contributed by atoms with Gasteiger partial charge in [0.2, 0.25) is 0 Å². The Morgan fingerprint density at radius 3 is 2.62 bits per heavy atom. The van der Waals surface area contributed by atoms with E-state index in [0.29, 0.717) is 13.1 Å². The average Bonchev–Trinajstić information content (AvgIpc) is 3.22. The van der Waals surface area contributed by atoms with Crippen molar-refractivity contribution in [1.82, 2.24) is 15.6 Å². The van der Waals surface area contributed by atoms with Crippen LogP contribution in [0.25, 0.3) is 0 Å². The van der Waals surface area contributed by atoms with Crippen LogP contribution >= 0.6 is 11.8 Å². The maximum atomic E-state index is 11.9. The molecule has 0 spiro atoms. The highest BCUT2D eigenvalue weighted by Crippen LogP contribution is 2.18. The van der Waals surface area contributed by atoms with Crippen LogP contribution in [0.2, 0.25) is 0 Å². The predicted molar refractivity (Wildman–Crippen MR) is 108 cm³/mol. The molecule has 0 unspecified atom stereocenters. The molecule has 26 heavy (non-hydrogen) atoms. The quantitative estimate of drug-likeness (QED) is 0.550. The number of hydrogen-bond acceptors (Lipinski definition) is 4. The highest BCUT2D eigenvalue weighted by atomic mass is 32.2. The molecule has 2 N–H and O–H groups in total. The van der Waals surface area contributed by atoms with E-state index in [2.05, 4.69) is 32.7 Å². The Balaban J connectivity index is 1.29. The topological polar surface area (TPSA) is 57.3 Å². The minimum atomic E-state index is -0.127. The minimum Gasteiger partial charge on any atom is -0.357 e. The standard InChI is InChI=1S/C20H26N4OS/c25-20(21-11-6-14-26-18-7-2-1-3-8-18)23-16-17-9-10-19(22-15-17)24-12-4-5-13-24/h1-3,7-10,15H,4-6,11-14,16H2,(H2,21,23,25). The zero-order valence-corrected chi connectivity index (χ0v) is 15.8. The number of pyridine rings is 1. The Kier molecular flexibility index (Phi) is 7.19. The van der Waals surface area contributed by atoms with Crippen LogP contribution in [0.1, 0.15) is 24.8 Å². The van der Waals surface area contributed by atoms with Crippen LogP contribution in [-0.2, 0) is 6.54 Å². The summed E-state index contributed by atoms with van der Waals surface area (Å²) in [5.41, 5.74) is 1.02. The maximum absolute atomic E-state index is 11.9. The summed E-state index contributed by atoms with van der Waals surface area (Å²) in [4.78, 5) is 19.9. The second-order valence-electron chi connectivity index (χ2n) is 6.34. The lowest BCUT2D eigenvalue weighted by Gasteiger charge is -2.16. The highest BCUT2D eigenvalue weighted by molar-refractivity contribution is 7.99. The number of hydrogen-bond donors (Lipinski definition) is 2. The summed E-state index contributed by atoms with van der Waals surface area (Å²) in [6.07, 6.45) is 5.29. The van der Waals surface area contributed by atoms with E-state index < -0.39 is 0 Å². The van der Waals surface area contributed by atoms with E-state index in [0.717, 1.165) is 36.6 Å². The number of anilines is 1. The maximum Gasteiger partial charge on any atom is 0.315 e. The summed E-state index contributed by atoms with van der Waals surface area (Å²) in [7, 11) is 0. The molecule has 138 valence electrons. The summed E-state index contributed by atoms with van der Waals surface area (Å²) in [6.45, 7) is 3.36. The highest BCUT2D eigenvalue weighted by Gasteiger charge is 2.12.